The van der Waals surface area contributed by atoms with Crippen LogP contribution in [-0.2, 0) is 4.79 Å². The minimum absolute atomic E-state index is 0.245. The zero-order chi connectivity index (χ0) is 18.2. The van der Waals surface area contributed by atoms with Crippen molar-refractivity contribution in [3.63, 3.8) is 0 Å². The molecule has 1 amide bonds. The fourth-order valence-electron chi connectivity index (χ4n) is 1.93. The predicted molar refractivity (Wildman–Crippen MR) is 102 cm³/mol. The van der Waals surface area contributed by atoms with E-state index in [-0.39, 0.29) is 5.91 Å². The number of rotatable bonds is 9. The van der Waals surface area contributed by atoms with Crippen molar-refractivity contribution >= 4 is 34.1 Å². The first kappa shape index (κ1) is 19.5. The Morgan fingerprint density at radius 1 is 1.28 bits per heavy atom. The van der Waals surface area contributed by atoms with Gasteiger partial charge in [0.1, 0.15) is 0 Å². The van der Waals surface area contributed by atoms with E-state index in [0.29, 0.717) is 29.0 Å². The van der Waals surface area contributed by atoms with Crippen molar-refractivity contribution < 1.29 is 14.3 Å². The van der Waals surface area contributed by atoms with E-state index in [0.717, 1.165) is 10.1 Å². The molecule has 6 nitrogen and oxygen atoms in total. The quantitative estimate of drug-likeness (QED) is 0.521. The van der Waals surface area contributed by atoms with Crippen LogP contribution in [-0.4, -0.2) is 35.1 Å². The molecule has 25 heavy (non-hydrogen) atoms. The second kappa shape index (κ2) is 9.62. The Labute approximate surface area is 156 Å². The first-order valence-corrected chi connectivity index (χ1v) is 9.90. The first-order chi connectivity index (χ1) is 12.0. The molecule has 8 heteroatoms. The lowest BCUT2D eigenvalue weighted by molar-refractivity contribution is -0.122. The second-order valence-electron chi connectivity index (χ2n) is 5.73. The molecule has 0 aliphatic rings. The number of hydrogen-bond acceptors (Lipinski definition) is 7. The van der Waals surface area contributed by atoms with Gasteiger partial charge in [-0.25, -0.2) is 0 Å². The number of nitrogens with zero attached hydrogens (tertiary/aromatic N) is 2. The highest BCUT2D eigenvalue weighted by atomic mass is 32.2. The van der Waals surface area contributed by atoms with Gasteiger partial charge in [0, 0.05) is 5.75 Å². The Bertz CT molecular complexity index is 691. The summed E-state index contributed by atoms with van der Waals surface area (Å²) in [6, 6.07) is 7.26. The van der Waals surface area contributed by atoms with Crippen LogP contribution in [0.3, 0.4) is 0 Å². The molecule has 0 bridgehead atoms. The van der Waals surface area contributed by atoms with Gasteiger partial charge in [0.15, 0.2) is 21.9 Å². The van der Waals surface area contributed by atoms with Gasteiger partial charge in [0.25, 0.3) is 5.91 Å². The largest absolute Gasteiger partial charge is 0.493 e. The maximum Gasteiger partial charge on any atom is 0.267 e. The van der Waals surface area contributed by atoms with Gasteiger partial charge in [0.2, 0.25) is 5.13 Å². The summed E-state index contributed by atoms with van der Waals surface area (Å²) in [7, 11) is 1.57. The normalized spacial score (nSPS) is 12.0. The van der Waals surface area contributed by atoms with Crippen molar-refractivity contribution in [2.24, 2.45) is 5.92 Å². The van der Waals surface area contributed by atoms with Crippen molar-refractivity contribution in [1.29, 1.82) is 0 Å². The van der Waals surface area contributed by atoms with E-state index in [1.165, 1.54) is 11.3 Å². The van der Waals surface area contributed by atoms with E-state index < -0.39 is 6.10 Å². The van der Waals surface area contributed by atoms with Gasteiger partial charge < -0.3 is 9.47 Å². The topological polar surface area (TPSA) is 73.3 Å². The highest BCUT2D eigenvalue weighted by molar-refractivity contribution is 8.01. The van der Waals surface area contributed by atoms with Gasteiger partial charge in [0.05, 0.1) is 7.11 Å². The second-order valence-corrected chi connectivity index (χ2v) is 7.98. The van der Waals surface area contributed by atoms with Gasteiger partial charge in [-0.05, 0) is 24.5 Å². The molecule has 0 aliphatic heterocycles. The number of para-hydroxylation sites is 2. The maximum atomic E-state index is 12.5. The molecule has 0 saturated carbocycles. The summed E-state index contributed by atoms with van der Waals surface area (Å²) in [4.78, 5) is 12.5. The molecule has 1 N–H and O–H groups in total. The zero-order valence-electron chi connectivity index (χ0n) is 14.8. The molecule has 2 aromatic rings. The number of aromatic nitrogens is 2. The van der Waals surface area contributed by atoms with Gasteiger partial charge in [-0.1, -0.05) is 56.0 Å². The van der Waals surface area contributed by atoms with Crippen LogP contribution < -0.4 is 14.8 Å². The van der Waals surface area contributed by atoms with E-state index in [1.807, 2.05) is 19.1 Å². The standard InChI is InChI=1S/C17H23N3O3S2/c1-5-12(23-14-9-7-6-8-13(14)22-4)15(21)18-16-19-20-17(25-16)24-10-11(2)3/h6-9,11-12H,5,10H2,1-4H3,(H,18,19,21)/t12-/m0/s1. The number of carbonyl (C=O) groups is 1. The van der Waals surface area contributed by atoms with Crippen molar-refractivity contribution in [1.82, 2.24) is 10.2 Å². The maximum absolute atomic E-state index is 12.5. The summed E-state index contributed by atoms with van der Waals surface area (Å²) in [6.45, 7) is 6.19. The molecule has 0 fully saturated rings. The Kier molecular flexibility index (Phi) is 7.52. The molecule has 136 valence electrons. The fourth-order valence-corrected chi connectivity index (χ4v) is 3.67. The number of ether oxygens (including phenoxy) is 2. The number of methoxy groups -OCH3 is 1. The van der Waals surface area contributed by atoms with Crippen LogP contribution in [0, 0.1) is 5.92 Å². The summed E-state index contributed by atoms with van der Waals surface area (Å²) in [6.07, 6.45) is -0.107. The summed E-state index contributed by atoms with van der Waals surface area (Å²) >= 11 is 3.02. The molecule has 1 atom stereocenters. The lowest BCUT2D eigenvalue weighted by Gasteiger charge is -2.18. The van der Waals surface area contributed by atoms with Crippen molar-refractivity contribution in [2.75, 3.05) is 18.2 Å². The molecule has 1 heterocycles. The SMILES string of the molecule is CC[C@H](Oc1ccccc1OC)C(=O)Nc1nnc(SCC(C)C)s1. The minimum Gasteiger partial charge on any atom is -0.493 e. The average Bonchev–Trinajstić information content (AvgIpc) is 3.05. The third-order valence-corrected chi connectivity index (χ3v) is 5.58. The van der Waals surface area contributed by atoms with Crippen LogP contribution >= 0.6 is 23.1 Å². The molecule has 2 rings (SSSR count). The van der Waals surface area contributed by atoms with E-state index in [4.69, 9.17) is 9.47 Å². The van der Waals surface area contributed by atoms with Crippen LogP contribution in [0.2, 0.25) is 0 Å². The Balaban J connectivity index is 1.98. The summed E-state index contributed by atoms with van der Waals surface area (Å²) in [5.41, 5.74) is 0. The van der Waals surface area contributed by atoms with E-state index in [2.05, 4.69) is 29.4 Å². The highest BCUT2D eigenvalue weighted by Crippen LogP contribution is 2.29. The number of benzene rings is 1. The lowest BCUT2D eigenvalue weighted by Crippen LogP contribution is -2.32. The van der Waals surface area contributed by atoms with Crippen LogP contribution in [0.4, 0.5) is 5.13 Å². The van der Waals surface area contributed by atoms with Crippen LogP contribution in [0.15, 0.2) is 28.6 Å². The number of hydrogen-bond donors (Lipinski definition) is 1. The number of thioether (sulfide) groups is 1. The highest BCUT2D eigenvalue weighted by Gasteiger charge is 2.21. The van der Waals surface area contributed by atoms with E-state index in [9.17, 15) is 4.79 Å². The van der Waals surface area contributed by atoms with Crippen LogP contribution in [0.1, 0.15) is 27.2 Å². The zero-order valence-corrected chi connectivity index (χ0v) is 16.4. The Morgan fingerprint density at radius 3 is 2.64 bits per heavy atom. The van der Waals surface area contributed by atoms with Crippen molar-refractivity contribution in [3.05, 3.63) is 24.3 Å². The molecule has 0 saturated heterocycles. The molecule has 0 unspecified atom stereocenters. The van der Waals surface area contributed by atoms with Crippen LogP contribution in [0.25, 0.3) is 0 Å². The minimum atomic E-state index is -0.632. The van der Waals surface area contributed by atoms with Gasteiger partial charge >= 0.3 is 0 Å². The first-order valence-electron chi connectivity index (χ1n) is 8.10. The number of carbonyl (C=O) groups excluding carboxylic acids is 1. The summed E-state index contributed by atoms with van der Waals surface area (Å²) in [5, 5.41) is 11.4. The third-order valence-electron chi connectivity index (χ3n) is 3.18. The average molecular weight is 382 g/mol. The predicted octanol–water partition coefficient (Wildman–Crippen LogP) is 4.09. The molecule has 0 spiro atoms. The number of anilines is 1. The summed E-state index contributed by atoms with van der Waals surface area (Å²) in [5.74, 6) is 2.43. The summed E-state index contributed by atoms with van der Waals surface area (Å²) < 4.78 is 11.9. The smallest absolute Gasteiger partial charge is 0.267 e. The fraction of sp³-hybridized carbons (Fsp3) is 0.471. The lowest BCUT2D eigenvalue weighted by atomic mass is 10.2. The van der Waals surface area contributed by atoms with Crippen molar-refractivity contribution in [2.45, 2.75) is 37.6 Å². The molecule has 0 radical (unpaired) electrons. The third kappa shape index (κ3) is 5.89. The molecular weight excluding hydrogens is 358 g/mol. The molecule has 0 aliphatic carbocycles. The van der Waals surface area contributed by atoms with Crippen LogP contribution in [0.5, 0.6) is 11.5 Å². The molecule has 1 aromatic carbocycles. The van der Waals surface area contributed by atoms with E-state index >= 15 is 0 Å². The van der Waals surface area contributed by atoms with Crippen molar-refractivity contribution in [3.8, 4) is 11.5 Å². The monoisotopic (exact) mass is 381 g/mol. The number of amides is 1. The number of nitrogens with one attached hydrogen (secondary N) is 1. The van der Waals surface area contributed by atoms with Gasteiger partial charge in [-0.15, -0.1) is 10.2 Å². The Morgan fingerprint density at radius 2 is 2.00 bits per heavy atom. The molecule has 1 aromatic heterocycles. The van der Waals surface area contributed by atoms with Gasteiger partial charge in [-0.2, -0.15) is 0 Å². The molecular formula is C17H23N3O3S2. The van der Waals surface area contributed by atoms with E-state index in [1.54, 1.807) is 31.0 Å². The Hall–Kier alpha value is -1.80. The van der Waals surface area contributed by atoms with Gasteiger partial charge in [-0.3, -0.25) is 10.1 Å².